The van der Waals surface area contributed by atoms with E-state index in [2.05, 4.69) is 4.90 Å². The first-order valence-electron chi connectivity index (χ1n) is 6.85. The molecule has 0 amide bonds. The Balaban J connectivity index is 1.81. The molecule has 5 heteroatoms. The van der Waals surface area contributed by atoms with Crippen LogP contribution < -0.4 is 0 Å². The zero-order chi connectivity index (χ0) is 14.5. The monoisotopic (exact) mass is 283 g/mol. The molecular formula is C15H19F2NO2. The Morgan fingerprint density at radius 2 is 2.05 bits per heavy atom. The van der Waals surface area contributed by atoms with Crippen molar-refractivity contribution < 1.29 is 18.7 Å². The lowest BCUT2D eigenvalue weighted by Gasteiger charge is -2.16. The summed E-state index contributed by atoms with van der Waals surface area (Å²) in [5.74, 6) is -0.308. The topological polar surface area (TPSA) is 40.5 Å². The van der Waals surface area contributed by atoms with E-state index in [0.717, 1.165) is 38.0 Å². The van der Waals surface area contributed by atoms with Gasteiger partial charge in [-0.2, -0.15) is 0 Å². The molecule has 1 aliphatic heterocycles. The molecule has 0 saturated carbocycles. The summed E-state index contributed by atoms with van der Waals surface area (Å²) in [5.41, 5.74) is 1.07. The van der Waals surface area contributed by atoms with Crippen LogP contribution in [0.15, 0.2) is 24.3 Å². The summed E-state index contributed by atoms with van der Waals surface area (Å²) in [6.07, 6.45) is -0.462. The number of rotatable bonds is 6. The highest BCUT2D eigenvalue weighted by atomic mass is 19.3. The van der Waals surface area contributed by atoms with E-state index in [1.54, 1.807) is 12.1 Å². The number of halogens is 2. The average molecular weight is 283 g/mol. The molecule has 0 radical (unpaired) electrons. The number of hydrogen-bond donors (Lipinski definition) is 1. The standard InChI is InChI=1S/C15H19F2NO2/c16-15(17)13-4-1-11(2-5-13)9-18-8-7-12(10-18)3-6-14(19)20/h1-2,4-5,12,15H,3,6-10H2,(H,19,20). The van der Waals surface area contributed by atoms with E-state index in [1.165, 1.54) is 12.1 Å². The summed E-state index contributed by atoms with van der Waals surface area (Å²) in [6, 6.07) is 6.42. The second-order valence-electron chi connectivity index (χ2n) is 5.36. The first kappa shape index (κ1) is 14.9. The number of hydrogen-bond acceptors (Lipinski definition) is 2. The van der Waals surface area contributed by atoms with Crippen molar-refractivity contribution in [1.82, 2.24) is 4.90 Å². The minimum atomic E-state index is -2.42. The van der Waals surface area contributed by atoms with E-state index in [4.69, 9.17) is 5.11 Å². The molecule has 0 bridgehead atoms. The first-order chi connectivity index (χ1) is 9.54. The number of carboxylic acid groups (broad SMARTS) is 1. The Hall–Kier alpha value is -1.49. The van der Waals surface area contributed by atoms with E-state index in [9.17, 15) is 13.6 Å². The minimum Gasteiger partial charge on any atom is -0.481 e. The molecule has 1 unspecified atom stereocenters. The van der Waals surface area contributed by atoms with Gasteiger partial charge in [0, 0.05) is 25.1 Å². The molecule has 1 aliphatic rings. The van der Waals surface area contributed by atoms with Crippen molar-refractivity contribution in [2.24, 2.45) is 5.92 Å². The summed E-state index contributed by atoms with van der Waals surface area (Å²) < 4.78 is 24.9. The average Bonchev–Trinajstić information content (AvgIpc) is 2.84. The molecule has 3 nitrogen and oxygen atoms in total. The molecule has 1 aromatic rings. The van der Waals surface area contributed by atoms with Crippen molar-refractivity contribution >= 4 is 5.97 Å². The van der Waals surface area contributed by atoms with Gasteiger partial charge in [0.2, 0.25) is 0 Å². The number of alkyl halides is 2. The highest BCUT2D eigenvalue weighted by Gasteiger charge is 2.22. The lowest BCUT2D eigenvalue weighted by molar-refractivity contribution is -0.137. The van der Waals surface area contributed by atoms with E-state index >= 15 is 0 Å². The van der Waals surface area contributed by atoms with E-state index in [-0.39, 0.29) is 12.0 Å². The largest absolute Gasteiger partial charge is 0.481 e. The minimum absolute atomic E-state index is 0.0505. The Labute approximate surface area is 117 Å². The lowest BCUT2D eigenvalue weighted by Crippen LogP contribution is -2.20. The number of carboxylic acids is 1. The summed E-state index contributed by atoms with van der Waals surface area (Å²) >= 11 is 0. The fraction of sp³-hybridized carbons (Fsp3) is 0.533. The van der Waals surface area contributed by atoms with Crippen LogP contribution in [0.2, 0.25) is 0 Å². The van der Waals surface area contributed by atoms with Crippen molar-refractivity contribution in [1.29, 1.82) is 0 Å². The van der Waals surface area contributed by atoms with E-state index < -0.39 is 12.4 Å². The molecule has 2 rings (SSSR count). The number of benzene rings is 1. The van der Waals surface area contributed by atoms with Gasteiger partial charge in [-0.05, 0) is 30.9 Å². The lowest BCUT2D eigenvalue weighted by atomic mass is 10.0. The van der Waals surface area contributed by atoms with Crippen LogP contribution in [0, 0.1) is 5.92 Å². The number of aliphatic carboxylic acids is 1. The maximum absolute atomic E-state index is 12.4. The van der Waals surface area contributed by atoms with Gasteiger partial charge in [0.15, 0.2) is 0 Å². The van der Waals surface area contributed by atoms with Crippen LogP contribution in [-0.4, -0.2) is 29.1 Å². The fourth-order valence-electron chi connectivity index (χ4n) is 2.65. The van der Waals surface area contributed by atoms with Crippen LogP contribution in [0.1, 0.15) is 36.8 Å². The van der Waals surface area contributed by atoms with Gasteiger partial charge in [-0.25, -0.2) is 8.78 Å². The summed E-state index contributed by atoms with van der Waals surface area (Å²) in [4.78, 5) is 12.8. The van der Waals surface area contributed by atoms with Gasteiger partial charge in [-0.15, -0.1) is 0 Å². The van der Waals surface area contributed by atoms with Gasteiger partial charge in [0.1, 0.15) is 0 Å². The Morgan fingerprint density at radius 1 is 1.35 bits per heavy atom. The van der Waals surface area contributed by atoms with Crippen LogP contribution in [0.25, 0.3) is 0 Å². The van der Waals surface area contributed by atoms with Crippen molar-refractivity contribution in [3.05, 3.63) is 35.4 Å². The molecule has 1 atom stereocenters. The van der Waals surface area contributed by atoms with Crippen LogP contribution in [-0.2, 0) is 11.3 Å². The second-order valence-corrected chi connectivity index (χ2v) is 5.36. The fourth-order valence-corrected chi connectivity index (χ4v) is 2.65. The summed E-state index contributed by atoms with van der Waals surface area (Å²) in [7, 11) is 0. The third-order valence-corrected chi connectivity index (χ3v) is 3.77. The van der Waals surface area contributed by atoms with Crippen molar-refractivity contribution in [2.45, 2.75) is 32.2 Å². The van der Waals surface area contributed by atoms with Gasteiger partial charge in [0.05, 0.1) is 0 Å². The molecule has 1 N–H and O–H groups in total. The first-order valence-corrected chi connectivity index (χ1v) is 6.85. The van der Waals surface area contributed by atoms with Crippen LogP contribution in [0.4, 0.5) is 8.78 Å². The van der Waals surface area contributed by atoms with E-state index in [1.807, 2.05) is 0 Å². The highest BCUT2D eigenvalue weighted by molar-refractivity contribution is 5.66. The molecule has 110 valence electrons. The molecule has 0 aromatic heterocycles. The predicted octanol–water partition coefficient (Wildman–Crippen LogP) is 3.31. The van der Waals surface area contributed by atoms with Crippen LogP contribution >= 0.6 is 0 Å². The van der Waals surface area contributed by atoms with Crippen molar-refractivity contribution in [3.63, 3.8) is 0 Å². The normalized spacial score (nSPS) is 19.6. The molecule has 0 spiro atoms. The highest BCUT2D eigenvalue weighted by Crippen LogP contribution is 2.24. The molecule has 1 heterocycles. The Bertz CT molecular complexity index is 448. The molecule has 0 aliphatic carbocycles. The third kappa shape index (κ3) is 4.27. The zero-order valence-electron chi connectivity index (χ0n) is 11.3. The number of nitrogens with zero attached hydrogens (tertiary/aromatic N) is 1. The van der Waals surface area contributed by atoms with Gasteiger partial charge in [-0.1, -0.05) is 24.3 Å². The third-order valence-electron chi connectivity index (χ3n) is 3.77. The number of likely N-dealkylation sites (tertiary alicyclic amines) is 1. The molecule has 1 saturated heterocycles. The van der Waals surface area contributed by atoms with Crippen LogP contribution in [0.3, 0.4) is 0 Å². The van der Waals surface area contributed by atoms with Crippen molar-refractivity contribution in [2.75, 3.05) is 13.1 Å². The Kier molecular flexibility index (Phi) is 5.06. The second kappa shape index (κ2) is 6.79. The van der Waals surface area contributed by atoms with E-state index in [0.29, 0.717) is 5.92 Å². The van der Waals surface area contributed by atoms with Gasteiger partial charge in [0.25, 0.3) is 6.43 Å². The molecular weight excluding hydrogens is 264 g/mol. The maximum atomic E-state index is 12.4. The molecule has 1 fully saturated rings. The summed E-state index contributed by atoms with van der Waals surface area (Å²) in [5, 5.41) is 8.67. The van der Waals surface area contributed by atoms with Gasteiger partial charge in [-0.3, -0.25) is 9.69 Å². The molecule has 20 heavy (non-hydrogen) atoms. The SMILES string of the molecule is O=C(O)CCC1CCN(Cc2ccc(C(F)F)cc2)C1. The van der Waals surface area contributed by atoms with Crippen LogP contribution in [0.5, 0.6) is 0 Å². The van der Waals surface area contributed by atoms with Gasteiger partial charge >= 0.3 is 5.97 Å². The molecule has 1 aromatic carbocycles. The quantitative estimate of drug-likeness (QED) is 0.870. The zero-order valence-corrected chi connectivity index (χ0v) is 11.3. The summed E-state index contributed by atoms with van der Waals surface area (Å²) in [6.45, 7) is 2.58. The van der Waals surface area contributed by atoms with Gasteiger partial charge < -0.3 is 5.11 Å². The number of carbonyl (C=O) groups is 1. The Morgan fingerprint density at radius 3 is 2.65 bits per heavy atom. The smallest absolute Gasteiger partial charge is 0.303 e. The van der Waals surface area contributed by atoms with Crippen molar-refractivity contribution in [3.8, 4) is 0 Å². The predicted molar refractivity (Wildman–Crippen MR) is 71.7 cm³/mol. The maximum Gasteiger partial charge on any atom is 0.303 e.